The van der Waals surface area contributed by atoms with E-state index in [0.717, 1.165) is 0 Å². The summed E-state index contributed by atoms with van der Waals surface area (Å²) in [6, 6.07) is 4.16. The van der Waals surface area contributed by atoms with Crippen LogP contribution in [0.2, 0.25) is 5.02 Å². The van der Waals surface area contributed by atoms with Crippen molar-refractivity contribution in [3.63, 3.8) is 0 Å². The van der Waals surface area contributed by atoms with Gasteiger partial charge in [0, 0.05) is 6.04 Å². The van der Waals surface area contributed by atoms with Gasteiger partial charge in [-0.05, 0) is 24.6 Å². The van der Waals surface area contributed by atoms with E-state index in [9.17, 15) is 4.39 Å². The fourth-order valence-corrected chi connectivity index (χ4v) is 1.56. The number of benzene rings is 1. The predicted octanol–water partition coefficient (Wildman–Crippen LogP) is 2.79. The van der Waals surface area contributed by atoms with Crippen LogP contribution < -0.4 is 10.5 Å². The normalized spacial score (nSPS) is 11.9. The molecule has 0 radical (unpaired) electrons. The number of hydrogen-bond acceptors (Lipinski definition) is 3. The summed E-state index contributed by atoms with van der Waals surface area (Å²) < 4.78 is 18.6. The lowest BCUT2D eigenvalue weighted by atomic mass is 10.1. The summed E-state index contributed by atoms with van der Waals surface area (Å²) in [6.07, 6.45) is 0.115. The quantitative estimate of drug-likeness (QED) is 0.883. The molecule has 0 heterocycles. The molecule has 16 heavy (non-hydrogen) atoms. The first kappa shape index (κ1) is 12.8. The molecule has 1 atom stereocenters. The molecule has 1 rings (SSSR count). The Morgan fingerprint density at radius 2 is 2.31 bits per heavy atom. The molecule has 0 aliphatic carbocycles. The molecule has 0 aromatic heterocycles. The van der Waals surface area contributed by atoms with Crippen LogP contribution in [0.15, 0.2) is 12.1 Å². The Labute approximate surface area is 98.6 Å². The van der Waals surface area contributed by atoms with Crippen molar-refractivity contribution in [2.24, 2.45) is 5.73 Å². The van der Waals surface area contributed by atoms with Crippen LogP contribution in [0.3, 0.4) is 0 Å². The zero-order valence-electron chi connectivity index (χ0n) is 8.84. The number of halogens is 2. The van der Waals surface area contributed by atoms with E-state index in [2.05, 4.69) is 0 Å². The summed E-state index contributed by atoms with van der Waals surface area (Å²) in [5.41, 5.74) is 6.17. The second-order valence-electron chi connectivity index (χ2n) is 3.22. The molecule has 0 spiro atoms. The number of nitriles is 1. The maximum Gasteiger partial charge on any atom is 0.173 e. The largest absolute Gasteiger partial charge is 0.489 e. The first-order valence-electron chi connectivity index (χ1n) is 4.84. The van der Waals surface area contributed by atoms with E-state index in [4.69, 9.17) is 27.3 Å². The van der Waals surface area contributed by atoms with Crippen LogP contribution >= 0.6 is 11.6 Å². The van der Waals surface area contributed by atoms with Gasteiger partial charge in [-0.25, -0.2) is 4.39 Å². The van der Waals surface area contributed by atoms with E-state index >= 15 is 0 Å². The monoisotopic (exact) mass is 242 g/mol. The Morgan fingerprint density at radius 3 is 2.81 bits per heavy atom. The summed E-state index contributed by atoms with van der Waals surface area (Å²) in [5.74, 6) is -0.533. The summed E-state index contributed by atoms with van der Waals surface area (Å²) in [5, 5.41) is 8.67. The van der Waals surface area contributed by atoms with Crippen molar-refractivity contribution in [1.82, 2.24) is 0 Å². The fourth-order valence-electron chi connectivity index (χ4n) is 1.29. The second-order valence-corrected chi connectivity index (χ2v) is 3.62. The highest BCUT2D eigenvalue weighted by atomic mass is 35.5. The van der Waals surface area contributed by atoms with Gasteiger partial charge < -0.3 is 10.5 Å². The molecule has 2 N–H and O–H groups in total. The SMILES string of the molecule is CCOc1c(F)cc([C@H](N)CC#N)cc1Cl. The predicted molar refractivity (Wildman–Crippen MR) is 59.7 cm³/mol. The molecule has 86 valence electrons. The Kier molecular flexibility index (Phi) is 4.53. The summed E-state index contributed by atoms with van der Waals surface area (Å²) in [4.78, 5) is 0. The Bertz CT molecular complexity index is 394. The third-order valence-electron chi connectivity index (χ3n) is 2.05. The van der Waals surface area contributed by atoms with Crippen molar-refractivity contribution in [3.8, 4) is 11.8 Å². The van der Waals surface area contributed by atoms with Crippen LogP contribution in [0.4, 0.5) is 4.39 Å². The van der Waals surface area contributed by atoms with Gasteiger partial charge in [0.15, 0.2) is 11.6 Å². The lowest BCUT2D eigenvalue weighted by molar-refractivity contribution is 0.321. The zero-order chi connectivity index (χ0) is 12.1. The average Bonchev–Trinajstić information content (AvgIpc) is 2.23. The minimum Gasteiger partial charge on any atom is -0.489 e. The molecule has 5 heteroatoms. The van der Waals surface area contributed by atoms with Gasteiger partial charge >= 0.3 is 0 Å². The third-order valence-corrected chi connectivity index (χ3v) is 2.33. The molecule has 1 aromatic rings. The van der Waals surface area contributed by atoms with Gasteiger partial charge in [0.2, 0.25) is 0 Å². The minimum atomic E-state index is -0.558. The average molecular weight is 243 g/mol. The smallest absolute Gasteiger partial charge is 0.173 e. The van der Waals surface area contributed by atoms with Crippen LogP contribution in [-0.4, -0.2) is 6.61 Å². The first-order valence-corrected chi connectivity index (χ1v) is 5.22. The van der Waals surface area contributed by atoms with Crippen molar-refractivity contribution in [3.05, 3.63) is 28.5 Å². The molecule has 0 amide bonds. The fraction of sp³-hybridized carbons (Fsp3) is 0.364. The minimum absolute atomic E-state index is 0.0251. The maximum absolute atomic E-state index is 13.6. The van der Waals surface area contributed by atoms with Crippen molar-refractivity contribution in [2.45, 2.75) is 19.4 Å². The summed E-state index contributed by atoms with van der Waals surface area (Å²) in [7, 11) is 0. The van der Waals surface area contributed by atoms with E-state index in [-0.39, 0.29) is 17.2 Å². The van der Waals surface area contributed by atoms with Gasteiger partial charge in [0.05, 0.1) is 24.1 Å². The van der Waals surface area contributed by atoms with E-state index < -0.39 is 11.9 Å². The van der Waals surface area contributed by atoms with Crippen molar-refractivity contribution < 1.29 is 9.13 Å². The van der Waals surface area contributed by atoms with Gasteiger partial charge in [0.25, 0.3) is 0 Å². The third kappa shape index (κ3) is 2.84. The molecular formula is C11H12ClFN2O. The van der Waals surface area contributed by atoms with Crippen LogP contribution in [0, 0.1) is 17.1 Å². The second kappa shape index (κ2) is 5.69. The molecule has 3 nitrogen and oxygen atoms in total. The van der Waals surface area contributed by atoms with E-state index in [1.807, 2.05) is 6.07 Å². The molecule has 0 unspecified atom stereocenters. The van der Waals surface area contributed by atoms with Crippen LogP contribution in [0.25, 0.3) is 0 Å². The summed E-state index contributed by atoms with van der Waals surface area (Å²) in [6.45, 7) is 2.07. The summed E-state index contributed by atoms with van der Waals surface area (Å²) >= 11 is 5.85. The molecule has 0 saturated carbocycles. The Morgan fingerprint density at radius 1 is 1.62 bits per heavy atom. The number of rotatable bonds is 4. The molecule has 1 aromatic carbocycles. The highest BCUT2D eigenvalue weighted by Gasteiger charge is 2.14. The van der Waals surface area contributed by atoms with Gasteiger partial charge in [-0.1, -0.05) is 11.6 Å². The van der Waals surface area contributed by atoms with E-state index in [1.165, 1.54) is 12.1 Å². The van der Waals surface area contributed by atoms with Gasteiger partial charge in [-0.2, -0.15) is 5.26 Å². The molecule has 0 aliphatic rings. The Hall–Kier alpha value is -1.31. The van der Waals surface area contributed by atoms with Crippen LogP contribution in [-0.2, 0) is 0 Å². The van der Waals surface area contributed by atoms with E-state index in [1.54, 1.807) is 6.92 Å². The zero-order valence-corrected chi connectivity index (χ0v) is 9.59. The lowest BCUT2D eigenvalue weighted by Crippen LogP contribution is -2.10. The molecule has 0 fully saturated rings. The molecule has 0 bridgehead atoms. The Balaban J connectivity index is 3.05. The number of nitrogens with zero attached hydrogens (tertiary/aromatic N) is 1. The van der Waals surface area contributed by atoms with Crippen molar-refractivity contribution in [1.29, 1.82) is 5.26 Å². The highest BCUT2D eigenvalue weighted by Crippen LogP contribution is 2.31. The van der Waals surface area contributed by atoms with Crippen LogP contribution in [0.1, 0.15) is 24.9 Å². The van der Waals surface area contributed by atoms with Gasteiger partial charge in [0.1, 0.15) is 0 Å². The first-order chi connectivity index (χ1) is 7.60. The van der Waals surface area contributed by atoms with E-state index in [0.29, 0.717) is 12.2 Å². The molecule has 0 aliphatic heterocycles. The maximum atomic E-state index is 13.6. The molecule has 0 saturated heterocycles. The van der Waals surface area contributed by atoms with Crippen molar-refractivity contribution in [2.75, 3.05) is 6.61 Å². The number of ether oxygens (including phenoxy) is 1. The van der Waals surface area contributed by atoms with Gasteiger partial charge in [-0.15, -0.1) is 0 Å². The van der Waals surface area contributed by atoms with Gasteiger partial charge in [-0.3, -0.25) is 0 Å². The number of nitrogens with two attached hydrogens (primary N) is 1. The standard InChI is InChI=1S/C11H12ClFN2O/c1-2-16-11-8(12)5-7(6-9(11)13)10(15)3-4-14/h5-6,10H,2-3,15H2,1H3/t10-/m1/s1. The molecular weight excluding hydrogens is 231 g/mol. The number of hydrogen-bond donors (Lipinski definition) is 1. The highest BCUT2D eigenvalue weighted by molar-refractivity contribution is 6.32. The van der Waals surface area contributed by atoms with Crippen LogP contribution in [0.5, 0.6) is 5.75 Å². The lowest BCUT2D eigenvalue weighted by Gasteiger charge is -2.12. The topological polar surface area (TPSA) is 59.0 Å². The van der Waals surface area contributed by atoms with Crippen molar-refractivity contribution >= 4 is 11.6 Å².